The average Bonchev–Trinajstić information content (AvgIpc) is 3.16. The molecule has 0 bridgehead atoms. The molecule has 0 radical (unpaired) electrons. The molecule has 6 nitrogen and oxygen atoms in total. The molecular weight excluding hydrogens is 474 g/mol. The number of benzene rings is 4. The molecule has 1 heterocycles. The van der Waals surface area contributed by atoms with Crippen LogP contribution in [0.2, 0.25) is 0 Å². The van der Waals surface area contributed by atoms with Gasteiger partial charge in [-0.3, -0.25) is 5.43 Å². The number of hydrogen-bond acceptors (Lipinski definition) is 6. The van der Waals surface area contributed by atoms with E-state index >= 15 is 0 Å². The first-order chi connectivity index (χ1) is 18.6. The molecule has 4 aromatic carbocycles. The Kier molecular flexibility index (Phi) is 7.40. The molecule has 0 amide bonds. The fourth-order valence-corrected chi connectivity index (χ4v) is 4.28. The van der Waals surface area contributed by atoms with Crippen molar-refractivity contribution in [2.75, 3.05) is 14.2 Å². The quantitative estimate of drug-likeness (QED) is 0.285. The van der Waals surface area contributed by atoms with E-state index in [0.29, 0.717) is 29.9 Å². The second-order valence-corrected chi connectivity index (χ2v) is 9.33. The van der Waals surface area contributed by atoms with Gasteiger partial charge >= 0.3 is 0 Å². The summed E-state index contributed by atoms with van der Waals surface area (Å²) in [5, 5.41) is 4.84. The molecule has 4 aromatic rings. The molecule has 5 rings (SSSR count). The van der Waals surface area contributed by atoms with Crippen LogP contribution >= 0.6 is 0 Å². The molecule has 0 fully saturated rings. The molecule has 1 aliphatic heterocycles. The van der Waals surface area contributed by atoms with Crippen molar-refractivity contribution in [1.29, 1.82) is 0 Å². The van der Waals surface area contributed by atoms with Crippen molar-refractivity contribution in [3.8, 4) is 17.2 Å². The molecule has 1 N–H and O–H groups in total. The fourth-order valence-electron chi connectivity index (χ4n) is 4.28. The zero-order valence-electron chi connectivity index (χ0n) is 22.1. The Morgan fingerprint density at radius 1 is 0.763 bits per heavy atom. The highest BCUT2D eigenvalue weighted by Gasteiger charge is 2.20. The zero-order chi connectivity index (χ0) is 26.5. The first-order valence-electron chi connectivity index (χ1n) is 12.6. The summed E-state index contributed by atoms with van der Waals surface area (Å²) in [4.78, 5) is 4.96. The van der Waals surface area contributed by atoms with Crippen molar-refractivity contribution in [3.63, 3.8) is 0 Å². The van der Waals surface area contributed by atoms with Crippen LogP contribution in [0.4, 0.5) is 5.69 Å². The Labute approximate surface area is 223 Å². The second kappa shape index (κ2) is 11.2. The minimum Gasteiger partial charge on any atom is -0.497 e. The maximum atomic E-state index is 6.08. The van der Waals surface area contributed by atoms with Crippen molar-refractivity contribution < 1.29 is 14.2 Å². The third kappa shape index (κ3) is 5.39. The normalized spacial score (nSPS) is 12.6. The number of methoxy groups -OCH3 is 2. The lowest BCUT2D eigenvalue weighted by Crippen LogP contribution is -2.19. The van der Waals surface area contributed by atoms with Gasteiger partial charge in [-0.2, -0.15) is 5.10 Å². The summed E-state index contributed by atoms with van der Waals surface area (Å²) in [5.41, 5.74) is 9.90. The minimum atomic E-state index is 0.367. The van der Waals surface area contributed by atoms with Crippen molar-refractivity contribution in [1.82, 2.24) is 5.43 Å². The predicted octanol–water partition coefficient (Wildman–Crippen LogP) is 6.84. The molecule has 6 heteroatoms. The number of ether oxygens (including phenoxy) is 3. The largest absolute Gasteiger partial charge is 0.497 e. The Bertz CT molecular complexity index is 1480. The van der Waals surface area contributed by atoms with Crippen LogP contribution in [0.25, 0.3) is 0 Å². The highest BCUT2D eigenvalue weighted by Crippen LogP contribution is 2.33. The topological polar surface area (TPSA) is 64.4 Å². The summed E-state index contributed by atoms with van der Waals surface area (Å²) in [7, 11) is 3.30. The maximum absolute atomic E-state index is 6.08. The van der Waals surface area contributed by atoms with Crippen molar-refractivity contribution in [3.05, 3.63) is 119 Å². The van der Waals surface area contributed by atoms with Crippen LogP contribution in [0.3, 0.4) is 0 Å². The summed E-state index contributed by atoms with van der Waals surface area (Å²) in [6, 6.07) is 30.1. The molecule has 0 aromatic heterocycles. The van der Waals surface area contributed by atoms with Crippen LogP contribution in [0.1, 0.15) is 47.6 Å². The van der Waals surface area contributed by atoms with Crippen LogP contribution in [0.5, 0.6) is 17.2 Å². The van der Waals surface area contributed by atoms with E-state index in [2.05, 4.69) is 37.5 Å². The van der Waals surface area contributed by atoms with Gasteiger partial charge in [0.15, 0.2) is 17.3 Å². The van der Waals surface area contributed by atoms with E-state index in [9.17, 15) is 0 Å². The first-order valence-corrected chi connectivity index (χ1v) is 12.6. The molecule has 192 valence electrons. The smallest absolute Gasteiger partial charge is 0.161 e. The van der Waals surface area contributed by atoms with Crippen molar-refractivity contribution in [2.45, 2.75) is 26.4 Å². The SMILES string of the molecule is COc1ccc(C2=Nc3ccc(C(C)C)cc3C(c3ccc(OCc4ccccc4)c(OC)c3)=NN2)cc1. The van der Waals surface area contributed by atoms with E-state index < -0.39 is 0 Å². The van der Waals surface area contributed by atoms with E-state index in [1.54, 1.807) is 14.2 Å². The van der Waals surface area contributed by atoms with Gasteiger partial charge in [-0.1, -0.05) is 50.2 Å². The Balaban J connectivity index is 1.52. The van der Waals surface area contributed by atoms with Gasteiger partial charge in [0.2, 0.25) is 0 Å². The molecule has 0 saturated heterocycles. The van der Waals surface area contributed by atoms with Crippen molar-refractivity contribution in [2.24, 2.45) is 10.1 Å². The number of rotatable bonds is 8. The monoisotopic (exact) mass is 505 g/mol. The van der Waals surface area contributed by atoms with Crippen LogP contribution in [-0.2, 0) is 6.61 Å². The number of nitrogens with zero attached hydrogens (tertiary/aromatic N) is 2. The number of fused-ring (bicyclic) bond motifs is 1. The summed E-state index contributed by atoms with van der Waals surface area (Å²) in [6.07, 6.45) is 0. The summed E-state index contributed by atoms with van der Waals surface area (Å²) in [6.45, 7) is 4.82. The molecular formula is C32H31N3O3. The number of hydrogen-bond donors (Lipinski definition) is 1. The number of nitrogens with one attached hydrogen (secondary N) is 1. The Hall–Kier alpha value is -4.58. The standard InChI is InChI=1S/C32H31N3O3/c1-21(2)24-12-16-28-27(18-24)31(34-35-32(33-28)23-10-14-26(36-3)15-11-23)25-13-17-29(30(19-25)37-4)38-20-22-8-6-5-7-9-22/h5-19,21H,20H2,1-4H3,(H,33,35). The Morgan fingerprint density at radius 2 is 1.53 bits per heavy atom. The number of aliphatic imine (C=N–C) groups is 1. The van der Waals surface area contributed by atoms with Gasteiger partial charge in [0.05, 0.1) is 19.9 Å². The van der Waals surface area contributed by atoms with Gasteiger partial charge < -0.3 is 14.2 Å². The molecule has 0 aliphatic carbocycles. The van der Waals surface area contributed by atoms with Crippen LogP contribution in [0, 0.1) is 0 Å². The predicted molar refractivity (Wildman–Crippen MR) is 152 cm³/mol. The Morgan fingerprint density at radius 3 is 2.24 bits per heavy atom. The molecule has 38 heavy (non-hydrogen) atoms. The van der Waals surface area contributed by atoms with Gasteiger partial charge in [0.1, 0.15) is 18.1 Å². The summed E-state index contributed by atoms with van der Waals surface area (Å²) < 4.78 is 17.1. The molecule has 1 aliphatic rings. The van der Waals surface area contributed by atoms with Crippen LogP contribution in [0.15, 0.2) is 101 Å². The third-order valence-electron chi connectivity index (χ3n) is 6.49. The summed E-state index contributed by atoms with van der Waals surface area (Å²) >= 11 is 0. The van der Waals surface area contributed by atoms with E-state index in [1.807, 2.05) is 72.8 Å². The molecule has 0 atom stereocenters. The van der Waals surface area contributed by atoms with E-state index in [4.69, 9.17) is 24.3 Å². The highest BCUT2D eigenvalue weighted by molar-refractivity contribution is 6.18. The lowest BCUT2D eigenvalue weighted by Gasteiger charge is -2.15. The van der Waals surface area contributed by atoms with Crippen LogP contribution in [-0.4, -0.2) is 25.8 Å². The molecule has 0 saturated carbocycles. The van der Waals surface area contributed by atoms with Gasteiger partial charge in [-0.25, -0.2) is 4.99 Å². The third-order valence-corrected chi connectivity index (χ3v) is 6.49. The number of hydrazone groups is 1. The van der Waals surface area contributed by atoms with Gasteiger partial charge in [0, 0.05) is 16.7 Å². The minimum absolute atomic E-state index is 0.367. The zero-order valence-corrected chi connectivity index (χ0v) is 22.1. The molecule has 0 unspecified atom stereocenters. The van der Waals surface area contributed by atoms with E-state index in [0.717, 1.165) is 39.4 Å². The fraction of sp³-hybridized carbons (Fsp3) is 0.188. The molecule has 0 spiro atoms. The highest BCUT2D eigenvalue weighted by atomic mass is 16.5. The second-order valence-electron chi connectivity index (χ2n) is 9.33. The van der Waals surface area contributed by atoms with E-state index in [1.165, 1.54) is 5.56 Å². The maximum Gasteiger partial charge on any atom is 0.161 e. The van der Waals surface area contributed by atoms with Gasteiger partial charge in [-0.05, 0) is 71.6 Å². The van der Waals surface area contributed by atoms with Gasteiger partial charge in [0.25, 0.3) is 0 Å². The van der Waals surface area contributed by atoms with Gasteiger partial charge in [-0.15, -0.1) is 0 Å². The van der Waals surface area contributed by atoms with E-state index in [-0.39, 0.29) is 0 Å². The lowest BCUT2D eigenvalue weighted by atomic mass is 9.94. The lowest BCUT2D eigenvalue weighted by molar-refractivity contribution is 0.284. The van der Waals surface area contributed by atoms with Crippen LogP contribution < -0.4 is 19.6 Å². The first kappa shape index (κ1) is 25.1. The summed E-state index contributed by atoms with van der Waals surface area (Å²) in [5.74, 6) is 3.13. The van der Waals surface area contributed by atoms with Crippen molar-refractivity contribution >= 4 is 17.2 Å². The average molecular weight is 506 g/mol. The number of amidine groups is 1.